The highest BCUT2D eigenvalue weighted by atomic mass is 35.5. The van der Waals surface area contributed by atoms with Crippen LogP contribution in [-0.2, 0) is 0 Å². The van der Waals surface area contributed by atoms with Gasteiger partial charge in [-0.3, -0.25) is 10.1 Å². The van der Waals surface area contributed by atoms with Crippen LogP contribution in [0.5, 0.6) is 0 Å². The lowest BCUT2D eigenvalue weighted by Gasteiger charge is -2.07. The van der Waals surface area contributed by atoms with Crippen LogP contribution >= 0.6 is 23.2 Å². The van der Waals surface area contributed by atoms with Gasteiger partial charge in [0, 0.05) is 21.7 Å². The summed E-state index contributed by atoms with van der Waals surface area (Å²) in [6.45, 7) is 0. The third-order valence-corrected chi connectivity index (χ3v) is 2.97. The van der Waals surface area contributed by atoms with Crippen molar-refractivity contribution < 1.29 is 9.31 Å². The van der Waals surface area contributed by atoms with Crippen molar-refractivity contribution in [2.75, 3.05) is 0 Å². The van der Waals surface area contributed by atoms with Gasteiger partial charge in [-0.05, 0) is 23.8 Å². The molecule has 0 radical (unpaired) electrons. The second kappa shape index (κ2) is 4.92. The van der Waals surface area contributed by atoms with Crippen molar-refractivity contribution in [1.82, 2.24) is 0 Å². The van der Waals surface area contributed by atoms with Crippen molar-refractivity contribution in [1.29, 1.82) is 0 Å². The molecule has 18 heavy (non-hydrogen) atoms. The number of hydrogen-bond donors (Lipinski definition) is 0. The van der Waals surface area contributed by atoms with E-state index in [4.69, 9.17) is 23.2 Å². The third-order valence-electron chi connectivity index (χ3n) is 2.34. The Hall–Kier alpha value is -1.65. The van der Waals surface area contributed by atoms with Gasteiger partial charge in [0.25, 0.3) is 5.69 Å². The monoisotopic (exact) mass is 285 g/mol. The smallest absolute Gasteiger partial charge is 0.258 e. The minimum Gasteiger partial charge on any atom is -0.258 e. The van der Waals surface area contributed by atoms with Gasteiger partial charge in [-0.1, -0.05) is 29.3 Å². The lowest BCUT2D eigenvalue weighted by Crippen LogP contribution is -1.91. The lowest BCUT2D eigenvalue weighted by molar-refractivity contribution is -0.385. The zero-order chi connectivity index (χ0) is 13.3. The Morgan fingerprint density at radius 1 is 1.11 bits per heavy atom. The fourth-order valence-corrected chi connectivity index (χ4v) is 2.21. The first kappa shape index (κ1) is 12.8. The quantitative estimate of drug-likeness (QED) is 0.592. The molecule has 3 nitrogen and oxygen atoms in total. The first-order valence-electron chi connectivity index (χ1n) is 4.88. The fourth-order valence-electron chi connectivity index (χ4n) is 1.60. The van der Waals surface area contributed by atoms with Gasteiger partial charge in [0.2, 0.25) is 0 Å². The van der Waals surface area contributed by atoms with Gasteiger partial charge in [-0.15, -0.1) is 0 Å². The van der Waals surface area contributed by atoms with E-state index in [1.807, 2.05) is 0 Å². The van der Waals surface area contributed by atoms with Crippen molar-refractivity contribution in [2.24, 2.45) is 0 Å². The third kappa shape index (κ3) is 2.44. The molecule has 0 bridgehead atoms. The summed E-state index contributed by atoms with van der Waals surface area (Å²) in [5.74, 6) is -0.713. The van der Waals surface area contributed by atoms with Crippen molar-refractivity contribution >= 4 is 28.9 Å². The molecule has 0 spiro atoms. The highest BCUT2D eigenvalue weighted by molar-refractivity contribution is 6.39. The number of nitro benzene ring substituents is 1. The fraction of sp³-hybridized carbons (Fsp3) is 0. The molecule has 6 heteroatoms. The average molecular weight is 286 g/mol. The maximum absolute atomic E-state index is 13.3. The summed E-state index contributed by atoms with van der Waals surface area (Å²) in [6.07, 6.45) is 0. The van der Waals surface area contributed by atoms with Gasteiger partial charge < -0.3 is 0 Å². The van der Waals surface area contributed by atoms with Crippen molar-refractivity contribution in [3.8, 4) is 11.1 Å². The second-order valence-electron chi connectivity index (χ2n) is 3.55. The van der Waals surface area contributed by atoms with E-state index in [9.17, 15) is 14.5 Å². The Balaban J connectivity index is 2.68. The molecule has 0 amide bonds. The number of non-ortho nitro benzene ring substituents is 1. The van der Waals surface area contributed by atoms with Crippen molar-refractivity contribution in [2.45, 2.75) is 0 Å². The van der Waals surface area contributed by atoms with Crippen LogP contribution in [0.1, 0.15) is 0 Å². The zero-order valence-electron chi connectivity index (χ0n) is 8.86. The Bertz CT molecular complexity index is 611. The van der Waals surface area contributed by atoms with Crippen LogP contribution in [0.4, 0.5) is 10.1 Å². The molecule has 0 aliphatic carbocycles. The predicted molar refractivity (Wildman–Crippen MR) is 68.5 cm³/mol. The number of nitro groups is 1. The molecule has 0 atom stereocenters. The molecule has 2 aromatic rings. The molecule has 0 N–H and O–H groups in total. The first-order chi connectivity index (χ1) is 8.49. The van der Waals surface area contributed by atoms with E-state index in [1.54, 1.807) is 18.2 Å². The summed E-state index contributed by atoms with van der Waals surface area (Å²) >= 11 is 11.9. The van der Waals surface area contributed by atoms with E-state index in [2.05, 4.69) is 0 Å². The van der Waals surface area contributed by atoms with Crippen LogP contribution in [-0.4, -0.2) is 4.92 Å². The molecule has 0 saturated heterocycles. The molecular formula is C12H6Cl2FNO2. The Morgan fingerprint density at radius 2 is 1.72 bits per heavy atom. The van der Waals surface area contributed by atoms with Crippen LogP contribution in [0, 0.1) is 15.9 Å². The Labute approximate surface area is 112 Å². The van der Waals surface area contributed by atoms with Gasteiger partial charge in [-0.2, -0.15) is 0 Å². The number of nitrogens with zero attached hydrogens (tertiary/aromatic N) is 1. The summed E-state index contributed by atoms with van der Waals surface area (Å²) in [5.41, 5.74) is 0.307. The minimum absolute atomic E-state index is 0.275. The van der Waals surface area contributed by atoms with E-state index in [1.165, 1.54) is 6.07 Å². The van der Waals surface area contributed by atoms with Crippen LogP contribution in [0.3, 0.4) is 0 Å². The van der Waals surface area contributed by atoms with E-state index >= 15 is 0 Å². The summed E-state index contributed by atoms with van der Waals surface area (Å²) in [4.78, 5) is 10.0. The maximum Gasteiger partial charge on any atom is 0.272 e. The Kier molecular flexibility index (Phi) is 3.50. The van der Waals surface area contributed by atoms with Crippen LogP contribution in [0.15, 0.2) is 36.4 Å². The predicted octanol–water partition coefficient (Wildman–Crippen LogP) is 4.71. The van der Waals surface area contributed by atoms with Gasteiger partial charge >= 0.3 is 0 Å². The SMILES string of the molecule is O=[N+]([O-])c1cc(F)cc(-c2c(Cl)cccc2Cl)c1. The molecule has 0 aliphatic heterocycles. The molecule has 2 rings (SSSR count). The van der Waals surface area contributed by atoms with Crippen molar-refractivity contribution in [3.05, 3.63) is 62.4 Å². The number of hydrogen-bond acceptors (Lipinski definition) is 2. The Morgan fingerprint density at radius 3 is 2.28 bits per heavy atom. The first-order valence-corrected chi connectivity index (χ1v) is 5.64. The summed E-state index contributed by atoms with van der Waals surface area (Å²) in [5, 5.41) is 11.3. The normalized spacial score (nSPS) is 10.4. The lowest BCUT2D eigenvalue weighted by atomic mass is 10.0. The molecule has 0 aromatic heterocycles. The molecule has 2 aromatic carbocycles. The van der Waals surface area contributed by atoms with Crippen LogP contribution in [0.2, 0.25) is 10.0 Å². The van der Waals surface area contributed by atoms with E-state index in [-0.39, 0.29) is 11.3 Å². The molecule has 0 unspecified atom stereocenters. The number of benzene rings is 2. The minimum atomic E-state index is -0.713. The zero-order valence-corrected chi connectivity index (χ0v) is 10.4. The van der Waals surface area contributed by atoms with E-state index < -0.39 is 10.7 Å². The highest BCUT2D eigenvalue weighted by Crippen LogP contribution is 2.36. The summed E-state index contributed by atoms with van der Waals surface area (Å²) in [7, 11) is 0. The largest absolute Gasteiger partial charge is 0.272 e. The average Bonchev–Trinajstić information content (AvgIpc) is 2.28. The van der Waals surface area contributed by atoms with Gasteiger partial charge in [0.15, 0.2) is 0 Å². The van der Waals surface area contributed by atoms with E-state index in [0.29, 0.717) is 15.6 Å². The summed E-state index contributed by atoms with van der Waals surface area (Å²) < 4.78 is 13.3. The molecular weight excluding hydrogens is 280 g/mol. The van der Waals surface area contributed by atoms with Gasteiger partial charge in [-0.25, -0.2) is 4.39 Å². The topological polar surface area (TPSA) is 43.1 Å². The molecule has 92 valence electrons. The highest BCUT2D eigenvalue weighted by Gasteiger charge is 2.14. The molecule has 0 heterocycles. The number of rotatable bonds is 2. The molecule has 0 aliphatic rings. The second-order valence-corrected chi connectivity index (χ2v) is 4.37. The van der Waals surface area contributed by atoms with Crippen LogP contribution in [0.25, 0.3) is 11.1 Å². The number of halogens is 3. The van der Waals surface area contributed by atoms with E-state index in [0.717, 1.165) is 12.1 Å². The van der Waals surface area contributed by atoms with Crippen LogP contribution < -0.4 is 0 Å². The molecule has 0 saturated carbocycles. The van der Waals surface area contributed by atoms with Gasteiger partial charge in [0.05, 0.1) is 11.0 Å². The van der Waals surface area contributed by atoms with Gasteiger partial charge in [0.1, 0.15) is 5.82 Å². The van der Waals surface area contributed by atoms with Crippen molar-refractivity contribution in [3.63, 3.8) is 0 Å². The summed E-state index contributed by atoms with van der Waals surface area (Å²) in [6, 6.07) is 8.03. The maximum atomic E-state index is 13.3. The standard InChI is InChI=1S/C12H6Cl2FNO2/c13-10-2-1-3-11(14)12(10)7-4-8(15)6-9(5-7)16(17)18/h1-6H. The molecule has 0 fully saturated rings.